The Balaban J connectivity index is 2.28. The molecule has 3 nitrogen and oxygen atoms in total. The number of piperazine rings is 1. The molecule has 0 bridgehead atoms. The summed E-state index contributed by atoms with van der Waals surface area (Å²) < 4.78 is 32.7. The first-order valence-corrected chi connectivity index (χ1v) is 6.49. The van der Waals surface area contributed by atoms with E-state index in [4.69, 9.17) is 4.74 Å². The summed E-state index contributed by atoms with van der Waals surface area (Å²) in [4.78, 5) is 2.18. The third-order valence-corrected chi connectivity index (χ3v) is 3.37. The van der Waals surface area contributed by atoms with Gasteiger partial charge in [-0.2, -0.15) is 0 Å². The van der Waals surface area contributed by atoms with Crippen molar-refractivity contribution in [1.82, 2.24) is 10.2 Å². The number of hydrogen-bond acceptors (Lipinski definition) is 3. The molecule has 5 heteroatoms. The second-order valence-corrected chi connectivity index (χ2v) is 4.91. The SMILES string of the molecule is COc1cccc(CN2CCNCC2)c1C(C)(F)F. The Morgan fingerprint density at radius 1 is 1.32 bits per heavy atom. The largest absolute Gasteiger partial charge is 0.496 e. The summed E-state index contributed by atoms with van der Waals surface area (Å²) in [5, 5.41) is 3.25. The van der Waals surface area contributed by atoms with E-state index >= 15 is 0 Å². The topological polar surface area (TPSA) is 24.5 Å². The first-order valence-electron chi connectivity index (χ1n) is 6.49. The van der Waals surface area contributed by atoms with Gasteiger partial charge in [0, 0.05) is 39.6 Å². The van der Waals surface area contributed by atoms with Crippen molar-refractivity contribution in [3.63, 3.8) is 0 Å². The minimum Gasteiger partial charge on any atom is -0.496 e. The normalized spacial score (nSPS) is 17.5. The maximum Gasteiger partial charge on any atom is 0.274 e. The van der Waals surface area contributed by atoms with Crippen molar-refractivity contribution in [2.45, 2.75) is 19.4 Å². The fraction of sp³-hybridized carbons (Fsp3) is 0.571. The number of benzene rings is 1. The van der Waals surface area contributed by atoms with Gasteiger partial charge in [-0.3, -0.25) is 4.90 Å². The number of alkyl halides is 2. The highest BCUT2D eigenvalue weighted by molar-refractivity contribution is 5.43. The molecule has 1 heterocycles. The van der Waals surface area contributed by atoms with Crippen LogP contribution in [-0.4, -0.2) is 38.2 Å². The van der Waals surface area contributed by atoms with Gasteiger partial charge in [-0.1, -0.05) is 12.1 Å². The summed E-state index contributed by atoms with van der Waals surface area (Å²) in [6, 6.07) is 5.12. The lowest BCUT2D eigenvalue weighted by Gasteiger charge is -2.29. The maximum absolute atomic E-state index is 13.8. The zero-order valence-electron chi connectivity index (χ0n) is 11.4. The average molecular weight is 270 g/mol. The van der Waals surface area contributed by atoms with Crippen LogP contribution >= 0.6 is 0 Å². The Kier molecular flexibility index (Phi) is 4.37. The number of ether oxygens (including phenoxy) is 1. The van der Waals surface area contributed by atoms with E-state index in [0.717, 1.165) is 33.1 Å². The molecule has 0 unspecified atom stereocenters. The summed E-state index contributed by atoms with van der Waals surface area (Å²) in [5.41, 5.74) is 0.657. The number of nitrogens with one attached hydrogen (secondary N) is 1. The van der Waals surface area contributed by atoms with Crippen LogP contribution in [0, 0.1) is 0 Å². The molecule has 106 valence electrons. The van der Waals surface area contributed by atoms with E-state index in [9.17, 15) is 8.78 Å². The van der Waals surface area contributed by atoms with Crippen molar-refractivity contribution in [2.24, 2.45) is 0 Å². The molecule has 1 aromatic carbocycles. The molecule has 0 atom stereocenters. The molecule has 19 heavy (non-hydrogen) atoms. The molecule has 0 saturated carbocycles. The van der Waals surface area contributed by atoms with Crippen LogP contribution in [0.1, 0.15) is 18.1 Å². The van der Waals surface area contributed by atoms with Crippen molar-refractivity contribution in [2.75, 3.05) is 33.3 Å². The summed E-state index contributed by atoms with van der Waals surface area (Å²) in [6.07, 6.45) is 0. The third kappa shape index (κ3) is 3.42. The first kappa shape index (κ1) is 14.2. The standard InChI is InChI=1S/C14H20F2N2O/c1-14(15,16)13-11(4-3-5-12(13)19-2)10-18-8-6-17-7-9-18/h3-5,17H,6-10H2,1-2H3. The molecule has 1 fully saturated rings. The van der Waals surface area contributed by atoms with Gasteiger partial charge < -0.3 is 10.1 Å². The highest BCUT2D eigenvalue weighted by Crippen LogP contribution is 2.37. The van der Waals surface area contributed by atoms with Gasteiger partial charge in [0.25, 0.3) is 5.92 Å². The van der Waals surface area contributed by atoms with Crippen molar-refractivity contribution >= 4 is 0 Å². The summed E-state index contributed by atoms with van der Waals surface area (Å²) in [5.74, 6) is -2.63. The highest BCUT2D eigenvalue weighted by atomic mass is 19.3. The van der Waals surface area contributed by atoms with Crippen LogP contribution in [0.5, 0.6) is 5.75 Å². The molecule has 1 aliphatic rings. The van der Waals surface area contributed by atoms with E-state index in [1.54, 1.807) is 18.2 Å². The van der Waals surface area contributed by atoms with E-state index in [-0.39, 0.29) is 11.3 Å². The minimum atomic E-state index is -2.89. The Morgan fingerprint density at radius 2 is 2.00 bits per heavy atom. The molecule has 1 aliphatic heterocycles. The number of nitrogens with zero attached hydrogens (tertiary/aromatic N) is 1. The number of hydrogen-bond donors (Lipinski definition) is 1. The van der Waals surface area contributed by atoms with Gasteiger partial charge in [-0.15, -0.1) is 0 Å². The predicted octanol–water partition coefficient (Wildman–Crippen LogP) is 2.21. The Labute approximate surface area is 112 Å². The molecule has 0 amide bonds. The van der Waals surface area contributed by atoms with E-state index in [1.165, 1.54) is 7.11 Å². The molecule has 2 rings (SSSR count). The summed E-state index contributed by atoms with van der Waals surface area (Å²) in [6.45, 7) is 5.03. The van der Waals surface area contributed by atoms with E-state index in [0.29, 0.717) is 12.1 Å². The lowest BCUT2D eigenvalue weighted by Crippen LogP contribution is -2.43. The fourth-order valence-corrected chi connectivity index (χ4v) is 2.49. The Morgan fingerprint density at radius 3 is 2.58 bits per heavy atom. The van der Waals surface area contributed by atoms with Crippen molar-refractivity contribution in [3.05, 3.63) is 29.3 Å². The predicted molar refractivity (Wildman–Crippen MR) is 70.7 cm³/mol. The van der Waals surface area contributed by atoms with Crippen LogP contribution in [-0.2, 0) is 12.5 Å². The zero-order chi connectivity index (χ0) is 13.9. The molecule has 0 aromatic heterocycles. The lowest BCUT2D eigenvalue weighted by molar-refractivity contribution is 0.0133. The van der Waals surface area contributed by atoms with E-state index in [1.807, 2.05) is 0 Å². The minimum absolute atomic E-state index is 0.0102. The summed E-state index contributed by atoms with van der Waals surface area (Å²) >= 11 is 0. The van der Waals surface area contributed by atoms with Crippen molar-refractivity contribution in [3.8, 4) is 5.75 Å². The first-order chi connectivity index (χ1) is 9.02. The molecule has 1 aromatic rings. The van der Waals surface area contributed by atoms with Crippen molar-refractivity contribution in [1.29, 1.82) is 0 Å². The highest BCUT2D eigenvalue weighted by Gasteiger charge is 2.32. The van der Waals surface area contributed by atoms with Crippen LogP contribution in [0.15, 0.2) is 18.2 Å². The van der Waals surface area contributed by atoms with Crippen LogP contribution < -0.4 is 10.1 Å². The Hall–Kier alpha value is -1.20. The molecular weight excluding hydrogens is 250 g/mol. The molecule has 0 radical (unpaired) electrons. The quantitative estimate of drug-likeness (QED) is 0.908. The van der Waals surface area contributed by atoms with Gasteiger partial charge in [-0.05, 0) is 11.6 Å². The van der Waals surface area contributed by atoms with Gasteiger partial charge in [0.2, 0.25) is 0 Å². The molecular formula is C14H20F2N2O. The second-order valence-electron chi connectivity index (χ2n) is 4.91. The second kappa shape index (κ2) is 5.84. The molecule has 0 aliphatic carbocycles. The molecule has 1 saturated heterocycles. The maximum atomic E-state index is 13.8. The van der Waals surface area contributed by atoms with Crippen LogP contribution in [0.4, 0.5) is 8.78 Å². The van der Waals surface area contributed by atoms with Gasteiger partial charge in [0.1, 0.15) is 5.75 Å². The molecule has 1 N–H and O–H groups in total. The van der Waals surface area contributed by atoms with Crippen LogP contribution in [0.3, 0.4) is 0 Å². The van der Waals surface area contributed by atoms with Gasteiger partial charge in [-0.25, -0.2) is 8.78 Å². The average Bonchev–Trinajstić information content (AvgIpc) is 2.38. The van der Waals surface area contributed by atoms with Gasteiger partial charge >= 0.3 is 0 Å². The van der Waals surface area contributed by atoms with E-state index in [2.05, 4.69) is 10.2 Å². The van der Waals surface area contributed by atoms with Crippen LogP contribution in [0.2, 0.25) is 0 Å². The Bertz CT molecular complexity index is 426. The van der Waals surface area contributed by atoms with Crippen LogP contribution in [0.25, 0.3) is 0 Å². The summed E-state index contributed by atoms with van der Waals surface area (Å²) in [7, 11) is 1.43. The number of halogens is 2. The zero-order valence-corrected chi connectivity index (χ0v) is 11.4. The third-order valence-electron chi connectivity index (χ3n) is 3.37. The molecule has 0 spiro atoms. The monoisotopic (exact) mass is 270 g/mol. The van der Waals surface area contributed by atoms with Gasteiger partial charge in [0.15, 0.2) is 0 Å². The van der Waals surface area contributed by atoms with Gasteiger partial charge in [0.05, 0.1) is 12.7 Å². The van der Waals surface area contributed by atoms with E-state index < -0.39 is 5.92 Å². The smallest absolute Gasteiger partial charge is 0.274 e. The lowest BCUT2D eigenvalue weighted by atomic mass is 10.0. The van der Waals surface area contributed by atoms with Crippen molar-refractivity contribution < 1.29 is 13.5 Å². The number of methoxy groups -OCH3 is 1. The fourth-order valence-electron chi connectivity index (χ4n) is 2.49. The number of rotatable bonds is 4.